The van der Waals surface area contributed by atoms with Gasteiger partial charge in [0, 0.05) is 37.9 Å². The third kappa shape index (κ3) is 4.59. The summed E-state index contributed by atoms with van der Waals surface area (Å²) >= 11 is 0. The first-order valence-corrected chi connectivity index (χ1v) is 8.75. The normalized spacial score (nSPS) is 14.7. The zero-order valence-electron chi connectivity index (χ0n) is 15.7. The Kier molecular flexibility index (Phi) is 5.66. The minimum Gasteiger partial charge on any atom is -0.465 e. The number of amides is 1. The summed E-state index contributed by atoms with van der Waals surface area (Å²) in [6, 6.07) is 8.22. The average Bonchev–Trinajstić information content (AvgIpc) is 2.68. The Hall–Kier alpha value is -3.00. The van der Waals surface area contributed by atoms with E-state index in [4.69, 9.17) is 0 Å². The van der Waals surface area contributed by atoms with Gasteiger partial charge in [-0.05, 0) is 38.2 Å². The van der Waals surface area contributed by atoms with Gasteiger partial charge in [0.1, 0.15) is 17.3 Å². The van der Waals surface area contributed by atoms with E-state index in [1.807, 2.05) is 0 Å². The van der Waals surface area contributed by atoms with Gasteiger partial charge in [-0.2, -0.15) is 0 Å². The molecule has 1 aliphatic heterocycles. The van der Waals surface area contributed by atoms with Crippen LogP contribution in [0.1, 0.15) is 26.7 Å². The molecule has 0 radical (unpaired) electrons. The molecule has 1 aromatic carbocycles. The molecule has 0 aliphatic carbocycles. The molecule has 3 rings (SSSR count). The highest BCUT2D eigenvalue weighted by Gasteiger charge is 2.18. The largest absolute Gasteiger partial charge is 0.465 e. The molecule has 1 fully saturated rings. The number of hydrogen-bond acceptors (Lipinski definition) is 7. The van der Waals surface area contributed by atoms with Gasteiger partial charge < -0.3 is 19.9 Å². The van der Waals surface area contributed by atoms with Crippen molar-refractivity contribution in [3.8, 4) is 0 Å². The molecule has 1 aromatic heterocycles. The topological polar surface area (TPSA) is 87.7 Å². The summed E-state index contributed by atoms with van der Waals surface area (Å²) < 4.78 is 4.67. The molecule has 8 heteroatoms. The van der Waals surface area contributed by atoms with E-state index in [1.165, 1.54) is 7.11 Å². The highest BCUT2D eigenvalue weighted by molar-refractivity contribution is 6.03. The Morgan fingerprint density at radius 3 is 2.37 bits per heavy atom. The molecule has 0 unspecified atom stereocenters. The molecule has 27 heavy (non-hydrogen) atoms. The van der Waals surface area contributed by atoms with E-state index >= 15 is 0 Å². The number of likely N-dealkylation sites (N-methyl/N-ethyl adjacent to an activating group) is 1. The number of carbonyl (C=O) groups is 2. The van der Waals surface area contributed by atoms with Crippen molar-refractivity contribution in [3.05, 3.63) is 47.4 Å². The van der Waals surface area contributed by atoms with Crippen molar-refractivity contribution in [1.82, 2.24) is 14.9 Å². The van der Waals surface area contributed by atoms with Crippen molar-refractivity contribution in [2.75, 3.05) is 50.6 Å². The lowest BCUT2D eigenvalue weighted by atomic mass is 10.2. The van der Waals surface area contributed by atoms with Gasteiger partial charge in [0.25, 0.3) is 5.91 Å². The fourth-order valence-electron chi connectivity index (χ4n) is 2.87. The Bertz CT molecular complexity index is 830. The number of piperazine rings is 1. The lowest BCUT2D eigenvalue weighted by Crippen LogP contribution is -2.45. The van der Waals surface area contributed by atoms with Crippen LogP contribution in [0.15, 0.2) is 30.3 Å². The van der Waals surface area contributed by atoms with E-state index < -0.39 is 5.97 Å². The Labute approximate surface area is 158 Å². The highest BCUT2D eigenvalue weighted by atomic mass is 16.5. The Morgan fingerprint density at radius 1 is 1.07 bits per heavy atom. The molecule has 1 N–H and O–H groups in total. The maximum Gasteiger partial charge on any atom is 0.337 e. The van der Waals surface area contributed by atoms with Gasteiger partial charge in [-0.3, -0.25) is 4.79 Å². The highest BCUT2D eigenvalue weighted by Crippen LogP contribution is 2.17. The molecule has 0 saturated carbocycles. The van der Waals surface area contributed by atoms with Crippen molar-refractivity contribution in [2.24, 2.45) is 0 Å². The number of methoxy groups -OCH3 is 1. The number of ether oxygens (including phenoxy) is 1. The summed E-state index contributed by atoms with van der Waals surface area (Å²) in [6.45, 7) is 5.42. The maximum absolute atomic E-state index is 12.6. The van der Waals surface area contributed by atoms with E-state index in [1.54, 1.807) is 37.3 Å². The van der Waals surface area contributed by atoms with Gasteiger partial charge in [-0.25, -0.2) is 14.8 Å². The van der Waals surface area contributed by atoms with Gasteiger partial charge in [0.2, 0.25) is 0 Å². The van der Waals surface area contributed by atoms with Crippen molar-refractivity contribution in [1.29, 1.82) is 0 Å². The summed E-state index contributed by atoms with van der Waals surface area (Å²) in [5.74, 6) is 0.581. The van der Waals surface area contributed by atoms with Crippen LogP contribution in [0, 0.1) is 6.92 Å². The summed E-state index contributed by atoms with van der Waals surface area (Å²) in [5.41, 5.74) is 1.31. The number of nitrogens with one attached hydrogen (secondary N) is 1. The molecule has 1 saturated heterocycles. The smallest absolute Gasteiger partial charge is 0.337 e. The second-order valence-electron chi connectivity index (χ2n) is 6.47. The first-order valence-electron chi connectivity index (χ1n) is 8.75. The number of aromatic nitrogens is 2. The number of carbonyl (C=O) groups excluding carboxylic acids is 2. The monoisotopic (exact) mass is 369 g/mol. The van der Waals surface area contributed by atoms with Gasteiger partial charge in [-0.1, -0.05) is 0 Å². The lowest BCUT2D eigenvalue weighted by molar-refractivity contribution is 0.0600. The van der Waals surface area contributed by atoms with Crippen LogP contribution in [-0.2, 0) is 4.74 Å². The third-order valence-corrected chi connectivity index (χ3v) is 4.45. The summed E-state index contributed by atoms with van der Waals surface area (Å²) in [7, 11) is 3.42. The van der Waals surface area contributed by atoms with Crippen LogP contribution in [0.5, 0.6) is 0 Å². The maximum atomic E-state index is 12.6. The van der Waals surface area contributed by atoms with E-state index in [-0.39, 0.29) is 5.91 Å². The zero-order valence-corrected chi connectivity index (χ0v) is 15.7. The minimum absolute atomic E-state index is 0.313. The Morgan fingerprint density at radius 2 is 1.74 bits per heavy atom. The molecule has 8 nitrogen and oxygen atoms in total. The summed E-state index contributed by atoms with van der Waals surface area (Å²) in [6.07, 6.45) is 0. The SMILES string of the molecule is COC(=O)c1ccc(NC(=O)c2cc(N3CCN(C)CC3)nc(C)n2)cc1. The third-order valence-electron chi connectivity index (χ3n) is 4.45. The summed E-state index contributed by atoms with van der Waals surface area (Å²) in [4.78, 5) is 37.3. The number of rotatable bonds is 4. The van der Waals surface area contributed by atoms with Gasteiger partial charge in [0.15, 0.2) is 0 Å². The molecule has 0 spiro atoms. The fourth-order valence-corrected chi connectivity index (χ4v) is 2.87. The number of nitrogens with zero attached hydrogens (tertiary/aromatic N) is 4. The van der Waals surface area contributed by atoms with Crippen molar-refractivity contribution in [3.63, 3.8) is 0 Å². The lowest BCUT2D eigenvalue weighted by Gasteiger charge is -2.33. The second-order valence-corrected chi connectivity index (χ2v) is 6.47. The van der Waals surface area contributed by atoms with Crippen LogP contribution >= 0.6 is 0 Å². The number of benzene rings is 1. The van der Waals surface area contributed by atoms with Crippen LogP contribution in [0.4, 0.5) is 11.5 Å². The Balaban J connectivity index is 1.73. The van der Waals surface area contributed by atoms with E-state index in [0.29, 0.717) is 22.8 Å². The molecule has 2 aromatic rings. The minimum atomic E-state index is -0.420. The van der Waals surface area contributed by atoms with Gasteiger partial charge in [-0.15, -0.1) is 0 Å². The molecule has 142 valence electrons. The van der Waals surface area contributed by atoms with Crippen LogP contribution in [0.25, 0.3) is 0 Å². The predicted molar refractivity (Wildman–Crippen MR) is 102 cm³/mol. The first kappa shape index (κ1) is 18.8. The number of aryl methyl sites for hydroxylation is 1. The first-order chi connectivity index (χ1) is 13.0. The summed E-state index contributed by atoms with van der Waals surface area (Å²) in [5, 5.41) is 2.80. The molecule has 0 bridgehead atoms. The van der Waals surface area contributed by atoms with E-state index in [0.717, 1.165) is 32.0 Å². The predicted octanol–water partition coefficient (Wildman–Crippen LogP) is 1.58. The van der Waals surface area contributed by atoms with Crippen LogP contribution in [0.2, 0.25) is 0 Å². The number of anilines is 2. The van der Waals surface area contributed by atoms with Crippen LogP contribution in [-0.4, -0.2) is 67.1 Å². The van der Waals surface area contributed by atoms with Crippen molar-refractivity contribution < 1.29 is 14.3 Å². The van der Waals surface area contributed by atoms with E-state index in [9.17, 15) is 9.59 Å². The fraction of sp³-hybridized carbons (Fsp3) is 0.368. The number of esters is 1. The quantitative estimate of drug-likeness (QED) is 0.819. The van der Waals surface area contributed by atoms with Crippen molar-refractivity contribution in [2.45, 2.75) is 6.92 Å². The van der Waals surface area contributed by atoms with Gasteiger partial charge in [0.05, 0.1) is 12.7 Å². The molecule has 0 atom stereocenters. The molecule has 1 aliphatic rings. The molecular formula is C19H23N5O3. The second kappa shape index (κ2) is 8.13. The molecular weight excluding hydrogens is 346 g/mol. The van der Waals surface area contributed by atoms with Gasteiger partial charge >= 0.3 is 5.97 Å². The van der Waals surface area contributed by atoms with Crippen LogP contribution < -0.4 is 10.2 Å². The average molecular weight is 369 g/mol. The number of hydrogen-bond donors (Lipinski definition) is 1. The standard InChI is InChI=1S/C19H23N5O3/c1-13-20-16(12-17(21-13)24-10-8-23(2)9-11-24)18(25)22-15-6-4-14(5-7-15)19(26)27-3/h4-7,12H,8-11H2,1-3H3,(H,22,25). The molecule has 1 amide bonds. The van der Waals surface area contributed by atoms with Crippen molar-refractivity contribution >= 4 is 23.4 Å². The molecule has 2 heterocycles. The van der Waals surface area contributed by atoms with Crippen LogP contribution in [0.3, 0.4) is 0 Å². The van der Waals surface area contributed by atoms with E-state index in [2.05, 4.69) is 36.9 Å². The zero-order chi connectivity index (χ0) is 19.4.